The minimum absolute atomic E-state index is 0. The lowest BCUT2D eigenvalue weighted by atomic mass is 10.0. The van der Waals surface area contributed by atoms with Crippen LogP contribution in [0.5, 0.6) is 5.75 Å². The fourth-order valence-corrected chi connectivity index (χ4v) is 4.13. The van der Waals surface area contributed by atoms with Crippen molar-refractivity contribution in [2.45, 2.75) is 38.6 Å². The van der Waals surface area contributed by atoms with Crippen LogP contribution in [-0.4, -0.2) is 44.8 Å². The number of hydrogen-bond acceptors (Lipinski definition) is 3. The molecule has 0 unspecified atom stereocenters. The highest BCUT2D eigenvalue weighted by Gasteiger charge is 2.20. The molecule has 1 fully saturated rings. The Morgan fingerprint density at radius 2 is 1.93 bits per heavy atom. The van der Waals surface area contributed by atoms with E-state index in [-0.39, 0.29) is 24.0 Å². The minimum Gasteiger partial charge on any atom is -0.493 e. The van der Waals surface area contributed by atoms with Crippen LogP contribution in [0.3, 0.4) is 0 Å². The van der Waals surface area contributed by atoms with Crippen LogP contribution in [0, 0.1) is 0 Å². The second-order valence-electron chi connectivity index (χ2n) is 7.79. The van der Waals surface area contributed by atoms with E-state index in [1.165, 1.54) is 16.8 Å². The van der Waals surface area contributed by atoms with Gasteiger partial charge in [0, 0.05) is 44.3 Å². The summed E-state index contributed by atoms with van der Waals surface area (Å²) in [6.07, 6.45) is 4.24. The van der Waals surface area contributed by atoms with Gasteiger partial charge in [-0.25, -0.2) is 0 Å². The molecule has 1 saturated heterocycles. The standard InChI is InChI=1S/C24H32N4O.HI/c1-2-25-24(26-14-10-19-8-9-23-20(18-19)13-17-29-23)27-21-11-15-28(16-12-21)22-6-4-3-5-7-22;/h3-9,18,21H,2,10-17H2,1H3,(H2,25,26,27);1H. The number of hydrogen-bond donors (Lipinski definition) is 2. The van der Waals surface area contributed by atoms with Crippen molar-refractivity contribution in [1.82, 2.24) is 10.6 Å². The Kier molecular flexibility index (Phi) is 8.66. The highest BCUT2D eigenvalue weighted by Crippen LogP contribution is 2.26. The first-order valence-corrected chi connectivity index (χ1v) is 10.9. The summed E-state index contributed by atoms with van der Waals surface area (Å²) in [6, 6.07) is 17.7. The highest BCUT2D eigenvalue weighted by atomic mass is 127. The predicted molar refractivity (Wildman–Crippen MR) is 136 cm³/mol. The zero-order valence-electron chi connectivity index (χ0n) is 17.8. The van der Waals surface area contributed by atoms with Gasteiger partial charge in [0.2, 0.25) is 0 Å². The monoisotopic (exact) mass is 520 g/mol. The van der Waals surface area contributed by atoms with E-state index >= 15 is 0 Å². The van der Waals surface area contributed by atoms with E-state index in [9.17, 15) is 0 Å². The van der Waals surface area contributed by atoms with Crippen molar-refractivity contribution in [1.29, 1.82) is 0 Å². The summed E-state index contributed by atoms with van der Waals surface area (Å²) < 4.78 is 5.60. The lowest BCUT2D eigenvalue weighted by Gasteiger charge is -2.34. The smallest absolute Gasteiger partial charge is 0.191 e. The summed E-state index contributed by atoms with van der Waals surface area (Å²) in [6.45, 7) is 6.77. The van der Waals surface area contributed by atoms with E-state index in [0.29, 0.717) is 6.04 Å². The summed E-state index contributed by atoms with van der Waals surface area (Å²) >= 11 is 0. The van der Waals surface area contributed by atoms with Gasteiger partial charge in [-0.3, -0.25) is 4.99 Å². The number of rotatable bonds is 6. The Morgan fingerprint density at radius 1 is 1.13 bits per heavy atom. The van der Waals surface area contributed by atoms with Crippen molar-refractivity contribution in [2.75, 3.05) is 37.7 Å². The molecule has 2 heterocycles. The number of nitrogens with zero attached hydrogens (tertiary/aromatic N) is 2. The Morgan fingerprint density at radius 3 is 2.70 bits per heavy atom. The van der Waals surface area contributed by atoms with Gasteiger partial charge in [-0.2, -0.15) is 0 Å². The molecule has 6 heteroatoms. The molecule has 0 aliphatic carbocycles. The lowest BCUT2D eigenvalue weighted by molar-refractivity contribution is 0.357. The van der Waals surface area contributed by atoms with Gasteiger partial charge in [-0.05, 0) is 55.5 Å². The fraction of sp³-hybridized carbons (Fsp3) is 0.458. The second-order valence-corrected chi connectivity index (χ2v) is 7.79. The number of fused-ring (bicyclic) bond motifs is 1. The zero-order chi connectivity index (χ0) is 19.9. The molecule has 162 valence electrons. The molecule has 0 saturated carbocycles. The summed E-state index contributed by atoms with van der Waals surface area (Å²) in [5.41, 5.74) is 4.00. The van der Waals surface area contributed by atoms with Crippen molar-refractivity contribution in [3.63, 3.8) is 0 Å². The van der Waals surface area contributed by atoms with Crippen LogP contribution in [0.15, 0.2) is 53.5 Å². The number of halogens is 1. The number of guanidine groups is 1. The van der Waals surface area contributed by atoms with E-state index in [2.05, 4.69) is 71.0 Å². The van der Waals surface area contributed by atoms with Crippen LogP contribution in [0.1, 0.15) is 30.9 Å². The molecule has 0 spiro atoms. The van der Waals surface area contributed by atoms with Crippen LogP contribution in [-0.2, 0) is 12.8 Å². The van der Waals surface area contributed by atoms with Crippen molar-refractivity contribution >= 4 is 35.6 Å². The van der Waals surface area contributed by atoms with Gasteiger partial charge in [0.1, 0.15) is 5.75 Å². The minimum atomic E-state index is 0. The first-order chi connectivity index (χ1) is 14.3. The average molecular weight is 520 g/mol. The second kappa shape index (κ2) is 11.4. The molecule has 2 aliphatic rings. The van der Waals surface area contributed by atoms with E-state index in [1.54, 1.807) is 0 Å². The largest absolute Gasteiger partial charge is 0.493 e. The Balaban J connectivity index is 0.00000256. The third kappa shape index (κ3) is 6.03. The first-order valence-electron chi connectivity index (χ1n) is 10.9. The number of aliphatic imine (C=N–C) groups is 1. The number of nitrogens with one attached hydrogen (secondary N) is 2. The maximum Gasteiger partial charge on any atom is 0.191 e. The van der Waals surface area contributed by atoms with Gasteiger partial charge < -0.3 is 20.3 Å². The SMILES string of the molecule is CCNC(=NCCc1ccc2c(c1)CCO2)NC1CCN(c2ccccc2)CC1.I. The number of para-hydroxylation sites is 1. The summed E-state index contributed by atoms with van der Waals surface area (Å²) in [5.74, 6) is 1.99. The van der Waals surface area contributed by atoms with Crippen LogP contribution in [0.4, 0.5) is 5.69 Å². The van der Waals surface area contributed by atoms with Gasteiger partial charge in [0.05, 0.1) is 6.61 Å². The molecule has 0 amide bonds. The molecule has 4 rings (SSSR count). The normalized spacial score (nSPS) is 16.4. The van der Waals surface area contributed by atoms with Crippen molar-refractivity contribution < 1.29 is 4.74 Å². The summed E-state index contributed by atoms with van der Waals surface area (Å²) in [5, 5.41) is 7.06. The highest BCUT2D eigenvalue weighted by molar-refractivity contribution is 14.0. The molecule has 30 heavy (non-hydrogen) atoms. The fourth-order valence-electron chi connectivity index (χ4n) is 4.13. The van der Waals surface area contributed by atoms with Crippen molar-refractivity contribution in [2.24, 2.45) is 4.99 Å². The van der Waals surface area contributed by atoms with Gasteiger partial charge in [0.15, 0.2) is 5.96 Å². The average Bonchev–Trinajstić information content (AvgIpc) is 3.23. The summed E-state index contributed by atoms with van der Waals surface area (Å²) in [4.78, 5) is 7.30. The van der Waals surface area contributed by atoms with E-state index in [4.69, 9.17) is 9.73 Å². The predicted octanol–water partition coefficient (Wildman–Crippen LogP) is 4.01. The maximum atomic E-state index is 5.60. The van der Waals surface area contributed by atoms with E-state index < -0.39 is 0 Å². The third-order valence-electron chi connectivity index (χ3n) is 5.73. The van der Waals surface area contributed by atoms with Crippen molar-refractivity contribution in [3.05, 3.63) is 59.7 Å². The Hall–Kier alpha value is -1.96. The van der Waals surface area contributed by atoms with Gasteiger partial charge in [-0.15, -0.1) is 24.0 Å². The Labute approximate surface area is 197 Å². The van der Waals surface area contributed by atoms with Crippen LogP contribution in [0.2, 0.25) is 0 Å². The summed E-state index contributed by atoms with van der Waals surface area (Å²) in [7, 11) is 0. The molecule has 2 aromatic carbocycles. The molecule has 0 radical (unpaired) electrons. The molecular formula is C24H33IN4O. The molecule has 0 aromatic heterocycles. The topological polar surface area (TPSA) is 48.9 Å². The van der Waals surface area contributed by atoms with E-state index in [1.807, 2.05) is 0 Å². The van der Waals surface area contributed by atoms with Crippen LogP contribution in [0.25, 0.3) is 0 Å². The molecule has 2 aromatic rings. The number of ether oxygens (including phenoxy) is 1. The number of anilines is 1. The molecule has 0 atom stereocenters. The number of benzene rings is 2. The lowest BCUT2D eigenvalue weighted by Crippen LogP contribution is -2.48. The van der Waals surface area contributed by atoms with Crippen LogP contribution >= 0.6 is 24.0 Å². The van der Waals surface area contributed by atoms with Gasteiger partial charge in [0.25, 0.3) is 0 Å². The Bertz CT molecular complexity index is 819. The first kappa shape index (κ1) is 22.7. The number of piperidine rings is 1. The van der Waals surface area contributed by atoms with Gasteiger partial charge in [-0.1, -0.05) is 30.3 Å². The molecule has 2 N–H and O–H groups in total. The molecular weight excluding hydrogens is 487 g/mol. The molecule has 2 aliphatic heterocycles. The third-order valence-corrected chi connectivity index (χ3v) is 5.73. The molecule has 0 bridgehead atoms. The molecule has 5 nitrogen and oxygen atoms in total. The van der Waals surface area contributed by atoms with Gasteiger partial charge >= 0.3 is 0 Å². The zero-order valence-corrected chi connectivity index (χ0v) is 20.1. The van der Waals surface area contributed by atoms with Crippen LogP contribution < -0.4 is 20.3 Å². The van der Waals surface area contributed by atoms with Crippen molar-refractivity contribution in [3.8, 4) is 5.75 Å². The quantitative estimate of drug-likeness (QED) is 0.344. The van der Waals surface area contributed by atoms with E-state index in [0.717, 1.165) is 70.2 Å². The maximum absolute atomic E-state index is 5.60.